The summed E-state index contributed by atoms with van der Waals surface area (Å²) in [6.07, 6.45) is 4.83. The third-order valence-electron chi connectivity index (χ3n) is 1.80. The zero-order valence-electron chi connectivity index (χ0n) is 9.72. The molecule has 0 aliphatic carbocycles. The van der Waals surface area contributed by atoms with E-state index in [-0.39, 0.29) is 0 Å². The first kappa shape index (κ1) is 22.1. The molecule has 8 heteroatoms. The van der Waals surface area contributed by atoms with Gasteiger partial charge in [0.25, 0.3) is 0 Å². The van der Waals surface area contributed by atoms with Crippen LogP contribution in [-0.2, 0) is 44.8 Å². The van der Waals surface area contributed by atoms with E-state index < -0.39 is 38.1 Å². The van der Waals surface area contributed by atoms with Crippen LogP contribution in [-0.4, -0.2) is 22.8 Å². The second-order valence-electron chi connectivity index (χ2n) is 2.97. The van der Waals surface area contributed by atoms with Gasteiger partial charge >= 0.3 is 55.8 Å². The molecule has 0 aromatic carbocycles. The molecule has 0 spiro atoms. The third-order valence-corrected chi connectivity index (χ3v) is 1.80. The molecule has 97 valence electrons. The van der Waals surface area contributed by atoms with Crippen LogP contribution in [0.3, 0.4) is 0 Å². The zero-order chi connectivity index (χ0) is 13.4. The normalized spacial score (nSPS) is 9.88. The summed E-state index contributed by atoms with van der Waals surface area (Å²) in [7, 11) is 0. The van der Waals surface area contributed by atoms with E-state index in [4.69, 9.17) is 22.8 Å². The molecule has 0 saturated heterocycles. The molecule has 0 aliphatic rings. The molecule has 1 atom stereocenters. The van der Waals surface area contributed by atoms with Gasteiger partial charge in [0.15, 0.2) is 0 Å². The van der Waals surface area contributed by atoms with E-state index in [1.54, 1.807) is 0 Å². The monoisotopic (exact) mass is 309 g/mol. The van der Waals surface area contributed by atoms with Crippen LogP contribution in [0.15, 0.2) is 0 Å². The summed E-state index contributed by atoms with van der Waals surface area (Å²) in [5, 5.41) is 8.75. The van der Waals surface area contributed by atoms with Gasteiger partial charge in [-0.2, -0.15) is 0 Å². The van der Waals surface area contributed by atoms with Crippen molar-refractivity contribution in [1.82, 2.24) is 0 Å². The molecule has 16 heavy (non-hydrogen) atoms. The molecule has 4 N–H and O–H groups in total. The molecule has 0 heterocycles. The molecule has 0 aliphatic heterocycles. The van der Waals surface area contributed by atoms with Crippen LogP contribution in [0.2, 0.25) is 0 Å². The van der Waals surface area contributed by atoms with Crippen molar-refractivity contribution < 1.29 is 60.9 Å². The summed E-state index contributed by atoms with van der Waals surface area (Å²) in [4.78, 5) is 0. The van der Waals surface area contributed by atoms with Crippen molar-refractivity contribution in [3.8, 4) is 0 Å². The first-order chi connectivity index (χ1) is 7.49. The molecular formula is C8H21O6Ti2. The molecule has 0 aromatic rings. The Kier molecular flexibility index (Phi) is 29.2. The SMILES string of the molecule is CCCCC(CC)CO.[O]=[Ti]([OH])[OH].[O]=[Ti][OH]. The molecule has 0 rings (SSSR count). The third kappa shape index (κ3) is 36.4. The van der Waals surface area contributed by atoms with E-state index in [9.17, 15) is 0 Å². The van der Waals surface area contributed by atoms with Crippen LogP contribution in [0, 0.1) is 5.92 Å². The van der Waals surface area contributed by atoms with Gasteiger partial charge in [0.1, 0.15) is 0 Å². The van der Waals surface area contributed by atoms with Crippen LogP contribution in [0.4, 0.5) is 0 Å². The number of aliphatic hydroxyl groups excluding tert-OH is 1. The molecule has 0 bridgehead atoms. The average Bonchev–Trinajstić information content (AvgIpc) is 2.20. The Morgan fingerprint density at radius 3 is 1.88 bits per heavy atom. The number of rotatable bonds is 5. The van der Waals surface area contributed by atoms with Gasteiger partial charge in [-0.1, -0.05) is 33.1 Å². The molecule has 6 nitrogen and oxygen atoms in total. The van der Waals surface area contributed by atoms with Crippen molar-refractivity contribution in [2.75, 3.05) is 6.61 Å². The van der Waals surface area contributed by atoms with Crippen molar-refractivity contribution >= 4 is 0 Å². The van der Waals surface area contributed by atoms with Crippen LogP contribution < -0.4 is 0 Å². The standard InChI is InChI=1S/C8H18O.3H2O.2O.2Ti/c1-3-5-6-8(4-2)7-9;;;;;;;/h8-9H,3-7H2,1-2H3;3*1H2;;;;/q;;;;;;+1;+2/p-3. The maximum atomic E-state index is 8.81. The van der Waals surface area contributed by atoms with Crippen molar-refractivity contribution in [2.24, 2.45) is 5.92 Å². The minimum atomic E-state index is -3.58. The van der Waals surface area contributed by atoms with Crippen LogP contribution in [0.1, 0.15) is 39.5 Å². The van der Waals surface area contributed by atoms with Gasteiger partial charge < -0.3 is 5.11 Å². The van der Waals surface area contributed by atoms with Gasteiger partial charge in [0.2, 0.25) is 0 Å². The Labute approximate surface area is 113 Å². The quantitative estimate of drug-likeness (QED) is 0.542. The van der Waals surface area contributed by atoms with Crippen LogP contribution in [0.25, 0.3) is 0 Å². The summed E-state index contributed by atoms with van der Waals surface area (Å²) in [5.74, 6) is 0.560. The first-order valence-corrected chi connectivity index (χ1v) is 8.40. The van der Waals surface area contributed by atoms with E-state index in [0.717, 1.165) is 6.42 Å². The van der Waals surface area contributed by atoms with Crippen molar-refractivity contribution in [3.63, 3.8) is 0 Å². The predicted molar refractivity (Wildman–Crippen MR) is 48.4 cm³/mol. The number of hydrogen-bond acceptors (Lipinski definition) is 3. The summed E-state index contributed by atoms with van der Waals surface area (Å²) >= 11 is -5.33. The van der Waals surface area contributed by atoms with E-state index in [1.165, 1.54) is 19.3 Å². The fourth-order valence-electron chi connectivity index (χ4n) is 0.917. The Morgan fingerprint density at radius 2 is 1.69 bits per heavy atom. The van der Waals surface area contributed by atoms with Gasteiger partial charge in [0.05, 0.1) is 0 Å². The molecule has 1 unspecified atom stereocenters. The van der Waals surface area contributed by atoms with Gasteiger partial charge in [-0.25, -0.2) is 0 Å². The van der Waals surface area contributed by atoms with E-state index >= 15 is 0 Å². The molecule has 0 aromatic heterocycles. The molecule has 0 saturated carbocycles. The number of aliphatic hydroxyl groups is 1. The Balaban J connectivity index is -0.000000201. The van der Waals surface area contributed by atoms with Crippen LogP contribution in [0.5, 0.6) is 0 Å². The second-order valence-corrected chi connectivity index (χ2v) is 4.14. The molecule has 0 radical (unpaired) electrons. The van der Waals surface area contributed by atoms with Crippen molar-refractivity contribution in [2.45, 2.75) is 39.5 Å². The summed E-state index contributed by atoms with van der Waals surface area (Å²) in [6.45, 7) is 4.69. The maximum absolute atomic E-state index is 8.81. The molecule has 0 fully saturated rings. The molecular weight excluding hydrogens is 288 g/mol. The summed E-state index contributed by atoms with van der Waals surface area (Å²) in [5.41, 5.74) is 0. The Bertz CT molecular complexity index is 147. The summed E-state index contributed by atoms with van der Waals surface area (Å²) in [6, 6.07) is 0. The Morgan fingerprint density at radius 1 is 1.31 bits per heavy atom. The minimum absolute atomic E-state index is 0.372. The fraction of sp³-hybridized carbons (Fsp3) is 1.00. The molecule has 0 amide bonds. The van der Waals surface area contributed by atoms with Crippen LogP contribution >= 0.6 is 0 Å². The van der Waals surface area contributed by atoms with Gasteiger partial charge in [-0.15, -0.1) is 0 Å². The van der Waals surface area contributed by atoms with Crippen molar-refractivity contribution in [3.05, 3.63) is 0 Å². The number of unbranched alkanes of at least 4 members (excludes halogenated alkanes) is 1. The summed E-state index contributed by atoms with van der Waals surface area (Å²) < 4.78 is 39.0. The van der Waals surface area contributed by atoms with E-state index in [1.807, 2.05) is 0 Å². The van der Waals surface area contributed by atoms with Gasteiger partial charge in [-0.05, 0) is 12.3 Å². The zero-order valence-corrected chi connectivity index (χ0v) is 12.8. The van der Waals surface area contributed by atoms with Gasteiger partial charge in [-0.3, -0.25) is 0 Å². The van der Waals surface area contributed by atoms with E-state index in [2.05, 4.69) is 13.8 Å². The fourth-order valence-corrected chi connectivity index (χ4v) is 0.917. The number of hydrogen-bond donors (Lipinski definition) is 4. The topological polar surface area (TPSA) is 115 Å². The Hall–Kier alpha value is 0.869. The van der Waals surface area contributed by atoms with Crippen molar-refractivity contribution in [1.29, 1.82) is 0 Å². The van der Waals surface area contributed by atoms with E-state index in [0.29, 0.717) is 12.5 Å². The average molecular weight is 309 g/mol. The second kappa shape index (κ2) is 21.2. The first-order valence-electron chi connectivity index (χ1n) is 5.03. The predicted octanol–water partition coefficient (Wildman–Crippen LogP) is 0.281. The van der Waals surface area contributed by atoms with Gasteiger partial charge in [0, 0.05) is 6.61 Å².